The van der Waals surface area contributed by atoms with Crippen LogP contribution in [0.3, 0.4) is 0 Å². The van der Waals surface area contributed by atoms with Gasteiger partial charge in [-0.15, -0.1) is 0 Å². The summed E-state index contributed by atoms with van der Waals surface area (Å²) in [4.78, 5) is 0. The van der Waals surface area contributed by atoms with Gasteiger partial charge in [-0.05, 0) is 39.5 Å². The second kappa shape index (κ2) is 8.30. The van der Waals surface area contributed by atoms with Crippen LogP contribution in [0.1, 0.15) is 59.8 Å². The first-order valence-electron chi connectivity index (χ1n) is 7.63. The van der Waals surface area contributed by atoms with E-state index in [4.69, 9.17) is 13.3 Å². The standard InChI is InChI=1S/C14H30O3Si/c1-5-15-18(7-3,16-6-2)17-13(4)14-11-9-8-10-12-14/h13-14H,5-12H2,1-4H3. The molecule has 1 saturated carbocycles. The average Bonchev–Trinajstić information content (AvgIpc) is 2.40. The molecule has 0 bridgehead atoms. The second-order valence-corrected chi connectivity index (χ2v) is 8.01. The summed E-state index contributed by atoms with van der Waals surface area (Å²) in [5.41, 5.74) is 0. The smallest absolute Gasteiger partial charge is 0.374 e. The van der Waals surface area contributed by atoms with Crippen LogP contribution in [0, 0.1) is 5.92 Å². The number of hydrogen-bond donors (Lipinski definition) is 0. The summed E-state index contributed by atoms with van der Waals surface area (Å²) in [5, 5.41) is 0. The van der Waals surface area contributed by atoms with Crippen LogP contribution in [-0.4, -0.2) is 28.1 Å². The Balaban J connectivity index is 2.56. The molecule has 0 radical (unpaired) electrons. The van der Waals surface area contributed by atoms with Gasteiger partial charge in [-0.2, -0.15) is 0 Å². The lowest BCUT2D eigenvalue weighted by Gasteiger charge is -2.35. The fraction of sp³-hybridized carbons (Fsp3) is 1.00. The van der Waals surface area contributed by atoms with Gasteiger partial charge >= 0.3 is 8.80 Å². The minimum Gasteiger partial charge on any atom is -0.374 e. The van der Waals surface area contributed by atoms with Crippen molar-refractivity contribution < 1.29 is 13.3 Å². The van der Waals surface area contributed by atoms with Gasteiger partial charge in [0.25, 0.3) is 0 Å². The van der Waals surface area contributed by atoms with Crippen LogP contribution in [0.15, 0.2) is 0 Å². The third kappa shape index (κ3) is 4.65. The zero-order valence-electron chi connectivity index (χ0n) is 12.5. The lowest BCUT2D eigenvalue weighted by atomic mass is 9.86. The Morgan fingerprint density at radius 2 is 1.56 bits per heavy atom. The van der Waals surface area contributed by atoms with E-state index >= 15 is 0 Å². The minimum atomic E-state index is -2.42. The summed E-state index contributed by atoms with van der Waals surface area (Å²) in [6.45, 7) is 9.71. The molecule has 1 aliphatic rings. The number of hydrogen-bond acceptors (Lipinski definition) is 3. The Bertz CT molecular complexity index is 211. The van der Waals surface area contributed by atoms with Crippen LogP contribution in [-0.2, 0) is 13.3 Å². The van der Waals surface area contributed by atoms with Crippen LogP contribution < -0.4 is 0 Å². The van der Waals surface area contributed by atoms with E-state index in [2.05, 4.69) is 13.8 Å². The summed E-state index contributed by atoms with van der Waals surface area (Å²) < 4.78 is 18.1. The monoisotopic (exact) mass is 274 g/mol. The second-order valence-electron chi connectivity index (χ2n) is 5.12. The first-order valence-corrected chi connectivity index (χ1v) is 9.56. The predicted molar refractivity (Wildman–Crippen MR) is 76.6 cm³/mol. The highest BCUT2D eigenvalue weighted by Crippen LogP contribution is 2.30. The zero-order chi connectivity index (χ0) is 13.4. The van der Waals surface area contributed by atoms with Crippen molar-refractivity contribution in [2.24, 2.45) is 5.92 Å². The van der Waals surface area contributed by atoms with Gasteiger partial charge in [-0.25, -0.2) is 0 Å². The van der Waals surface area contributed by atoms with Crippen LogP contribution in [0.5, 0.6) is 0 Å². The molecule has 3 nitrogen and oxygen atoms in total. The van der Waals surface area contributed by atoms with Crippen molar-refractivity contribution in [3.63, 3.8) is 0 Å². The molecule has 1 aliphatic carbocycles. The third-order valence-electron chi connectivity index (χ3n) is 3.84. The molecule has 0 N–H and O–H groups in total. The molecule has 0 amide bonds. The highest BCUT2D eigenvalue weighted by atomic mass is 28.4. The van der Waals surface area contributed by atoms with Gasteiger partial charge in [-0.1, -0.05) is 26.2 Å². The highest BCUT2D eigenvalue weighted by molar-refractivity contribution is 6.60. The first-order chi connectivity index (χ1) is 8.67. The summed E-state index contributed by atoms with van der Waals surface area (Å²) in [6.07, 6.45) is 6.96. The lowest BCUT2D eigenvalue weighted by molar-refractivity contribution is 0.0102. The van der Waals surface area contributed by atoms with E-state index in [9.17, 15) is 0 Å². The molecule has 0 saturated heterocycles. The lowest BCUT2D eigenvalue weighted by Crippen LogP contribution is -2.49. The molecule has 1 unspecified atom stereocenters. The Hall–Kier alpha value is 0.0969. The fourth-order valence-corrected chi connectivity index (χ4v) is 5.25. The van der Waals surface area contributed by atoms with Gasteiger partial charge in [-0.3, -0.25) is 0 Å². The normalized spacial score (nSPS) is 20.0. The topological polar surface area (TPSA) is 27.7 Å². The van der Waals surface area contributed by atoms with Gasteiger partial charge in [0.05, 0.1) is 0 Å². The minimum absolute atomic E-state index is 0.273. The first kappa shape index (κ1) is 16.2. The van der Waals surface area contributed by atoms with E-state index in [0.717, 1.165) is 6.04 Å². The summed E-state index contributed by atoms with van der Waals surface area (Å²) in [7, 11) is -2.42. The molecule has 0 heterocycles. The van der Waals surface area contributed by atoms with Crippen molar-refractivity contribution >= 4 is 8.80 Å². The van der Waals surface area contributed by atoms with Crippen LogP contribution in [0.4, 0.5) is 0 Å². The molecule has 0 aromatic heterocycles. The maximum atomic E-state index is 6.30. The molecule has 1 rings (SSSR count). The largest absolute Gasteiger partial charge is 0.500 e. The molecule has 108 valence electrons. The van der Waals surface area contributed by atoms with Crippen molar-refractivity contribution in [1.82, 2.24) is 0 Å². The maximum absolute atomic E-state index is 6.30. The van der Waals surface area contributed by atoms with Crippen LogP contribution in [0.2, 0.25) is 6.04 Å². The summed E-state index contributed by atoms with van der Waals surface area (Å²) in [5.74, 6) is 0.693. The van der Waals surface area contributed by atoms with E-state index in [1.165, 1.54) is 32.1 Å². The van der Waals surface area contributed by atoms with Gasteiger partial charge in [0.1, 0.15) is 0 Å². The van der Waals surface area contributed by atoms with Crippen molar-refractivity contribution in [2.75, 3.05) is 13.2 Å². The van der Waals surface area contributed by atoms with E-state index in [1.807, 2.05) is 13.8 Å². The van der Waals surface area contributed by atoms with E-state index in [1.54, 1.807) is 0 Å². The average molecular weight is 274 g/mol. The van der Waals surface area contributed by atoms with Crippen molar-refractivity contribution in [3.05, 3.63) is 0 Å². The number of rotatable bonds is 8. The molecule has 0 aliphatic heterocycles. The quantitative estimate of drug-likeness (QED) is 0.626. The Kier molecular flexibility index (Phi) is 7.45. The predicted octanol–water partition coefficient (Wildman–Crippen LogP) is 4.00. The Morgan fingerprint density at radius 3 is 2.00 bits per heavy atom. The molecular formula is C14H30O3Si. The Labute approximate surface area is 114 Å². The van der Waals surface area contributed by atoms with Crippen molar-refractivity contribution in [1.29, 1.82) is 0 Å². The maximum Gasteiger partial charge on any atom is 0.500 e. The third-order valence-corrected chi connectivity index (χ3v) is 6.89. The van der Waals surface area contributed by atoms with Gasteiger partial charge in [0, 0.05) is 25.4 Å². The highest BCUT2D eigenvalue weighted by Gasteiger charge is 2.41. The molecule has 1 atom stereocenters. The zero-order valence-corrected chi connectivity index (χ0v) is 13.5. The van der Waals surface area contributed by atoms with Crippen molar-refractivity contribution in [2.45, 2.75) is 71.9 Å². The molecule has 1 fully saturated rings. The van der Waals surface area contributed by atoms with E-state index in [-0.39, 0.29) is 6.10 Å². The molecule has 4 heteroatoms. The van der Waals surface area contributed by atoms with Gasteiger partial charge in [0.2, 0.25) is 0 Å². The molecule has 0 aromatic rings. The molecule has 0 aromatic carbocycles. The van der Waals surface area contributed by atoms with Gasteiger partial charge < -0.3 is 13.3 Å². The van der Waals surface area contributed by atoms with Crippen molar-refractivity contribution in [3.8, 4) is 0 Å². The molecule has 18 heavy (non-hydrogen) atoms. The van der Waals surface area contributed by atoms with E-state index in [0.29, 0.717) is 19.1 Å². The van der Waals surface area contributed by atoms with Crippen LogP contribution in [0.25, 0.3) is 0 Å². The van der Waals surface area contributed by atoms with Crippen LogP contribution >= 0.6 is 0 Å². The Morgan fingerprint density at radius 1 is 1.00 bits per heavy atom. The van der Waals surface area contributed by atoms with Gasteiger partial charge in [0.15, 0.2) is 0 Å². The SMILES string of the molecule is CCO[Si](CC)(OCC)OC(C)C1CCCCC1. The summed E-state index contributed by atoms with van der Waals surface area (Å²) >= 11 is 0. The van der Waals surface area contributed by atoms with E-state index < -0.39 is 8.80 Å². The fourth-order valence-electron chi connectivity index (χ4n) is 2.82. The molecular weight excluding hydrogens is 244 g/mol. The summed E-state index contributed by atoms with van der Waals surface area (Å²) in [6, 6.07) is 0.867. The molecule has 0 spiro atoms.